The number of nitrogens with zero attached hydrogens (tertiary/aromatic N) is 1. The van der Waals surface area contributed by atoms with Gasteiger partial charge in [0.05, 0.1) is 6.07 Å². The van der Waals surface area contributed by atoms with Crippen molar-refractivity contribution in [1.82, 2.24) is 5.32 Å². The van der Waals surface area contributed by atoms with Crippen molar-refractivity contribution in [2.45, 2.75) is 25.8 Å². The molecule has 0 unspecified atom stereocenters. The highest BCUT2D eigenvalue weighted by Gasteiger charge is 2.14. The highest BCUT2D eigenvalue weighted by Crippen LogP contribution is 2.23. The standard InChI is InChI=1S/C13H13N3O2/c14-6-5-12(17)15-8-9-1-3-11-10(7-9)2-4-13(18)16-11/h1,3,7H,2,4-5,8H2,(H,15,17)(H,16,18). The van der Waals surface area contributed by atoms with Crippen LogP contribution in [0.4, 0.5) is 5.69 Å². The lowest BCUT2D eigenvalue weighted by molar-refractivity contribution is -0.120. The van der Waals surface area contributed by atoms with Gasteiger partial charge in [-0.05, 0) is 23.6 Å². The average molecular weight is 243 g/mol. The van der Waals surface area contributed by atoms with Crippen LogP contribution in [0.2, 0.25) is 0 Å². The number of anilines is 1. The monoisotopic (exact) mass is 243 g/mol. The maximum Gasteiger partial charge on any atom is 0.234 e. The maximum atomic E-state index is 11.2. The molecule has 1 aliphatic rings. The van der Waals surface area contributed by atoms with Crippen LogP contribution in [0.1, 0.15) is 24.0 Å². The van der Waals surface area contributed by atoms with E-state index < -0.39 is 0 Å². The Labute approximate surface area is 105 Å². The molecule has 2 rings (SSSR count). The molecule has 92 valence electrons. The molecule has 18 heavy (non-hydrogen) atoms. The Morgan fingerprint density at radius 1 is 1.44 bits per heavy atom. The smallest absolute Gasteiger partial charge is 0.234 e. The Morgan fingerprint density at radius 3 is 3.06 bits per heavy atom. The van der Waals surface area contributed by atoms with Crippen molar-refractivity contribution in [1.29, 1.82) is 5.26 Å². The highest BCUT2D eigenvalue weighted by molar-refractivity contribution is 5.93. The minimum Gasteiger partial charge on any atom is -0.351 e. The van der Waals surface area contributed by atoms with Gasteiger partial charge in [-0.2, -0.15) is 5.26 Å². The van der Waals surface area contributed by atoms with E-state index in [1.807, 2.05) is 18.2 Å². The molecule has 2 amide bonds. The Kier molecular flexibility index (Phi) is 3.58. The van der Waals surface area contributed by atoms with Crippen molar-refractivity contribution in [3.8, 4) is 6.07 Å². The molecule has 0 aromatic heterocycles. The van der Waals surface area contributed by atoms with E-state index in [1.54, 1.807) is 6.07 Å². The van der Waals surface area contributed by atoms with Crippen LogP contribution < -0.4 is 10.6 Å². The first-order chi connectivity index (χ1) is 8.69. The lowest BCUT2D eigenvalue weighted by Gasteiger charge is -2.17. The normalized spacial score (nSPS) is 13.2. The number of carbonyl (C=O) groups is 2. The van der Waals surface area contributed by atoms with Gasteiger partial charge in [-0.1, -0.05) is 12.1 Å². The minimum atomic E-state index is -0.275. The number of benzene rings is 1. The number of hydrogen-bond acceptors (Lipinski definition) is 3. The zero-order valence-corrected chi connectivity index (χ0v) is 9.82. The van der Waals surface area contributed by atoms with Gasteiger partial charge in [0, 0.05) is 18.7 Å². The molecule has 0 radical (unpaired) electrons. The second-order valence-electron chi connectivity index (χ2n) is 4.15. The first-order valence-corrected chi connectivity index (χ1v) is 5.74. The Balaban J connectivity index is 2.01. The minimum absolute atomic E-state index is 0.0394. The van der Waals surface area contributed by atoms with Gasteiger partial charge in [0.25, 0.3) is 0 Å². The van der Waals surface area contributed by atoms with Crippen LogP contribution in [0.15, 0.2) is 18.2 Å². The summed E-state index contributed by atoms with van der Waals surface area (Å²) < 4.78 is 0. The Bertz CT molecular complexity index is 532. The number of nitriles is 1. The van der Waals surface area contributed by atoms with Crippen LogP contribution in [0.3, 0.4) is 0 Å². The van der Waals surface area contributed by atoms with Crippen LogP contribution in [-0.4, -0.2) is 11.8 Å². The fourth-order valence-electron chi connectivity index (χ4n) is 1.88. The van der Waals surface area contributed by atoms with Crippen LogP contribution >= 0.6 is 0 Å². The van der Waals surface area contributed by atoms with Crippen LogP contribution in [0, 0.1) is 11.3 Å². The van der Waals surface area contributed by atoms with Crippen molar-refractivity contribution in [3.05, 3.63) is 29.3 Å². The van der Waals surface area contributed by atoms with E-state index in [0.29, 0.717) is 13.0 Å². The fraction of sp³-hybridized carbons (Fsp3) is 0.308. The van der Waals surface area contributed by atoms with E-state index >= 15 is 0 Å². The summed E-state index contributed by atoms with van der Waals surface area (Å²) >= 11 is 0. The summed E-state index contributed by atoms with van der Waals surface area (Å²) in [5.74, 6) is -0.235. The molecule has 0 saturated heterocycles. The number of rotatable bonds is 3. The molecule has 5 nitrogen and oxygen atoms in total. The first-order valence-electron chi connectivity index (χ1n) is 5.74. The molecule has 0 aliphatic carbocycles. The largest absolute Gasteiger partial charge is 0.351 e. The molecule has 5 heteroatoms. The van der Waals surface area contributed by atoms with Gasteiger partial charge in [0.15, 0.2) is 0 Å². The molecule has 2 N–H and O–H groups in total. The van der Waals surface area contributed by atoms with Crippen LogP contribution in [-0.2, 0) is 22.6 Å². The van der Waals surface area contributed by atoms with E-state index in [9.17, 15) is 9.59 Å². The van der Waals surface area contributed by atoms with E-state index in [2.05, 4.69) is 10.6 Å². The van der Waals surface area contributed by atoms with E-state index in [1.165, 1.54) is 0 Å². The fourth-order valence-corrected chi connectivity index (χ4v) is 1.88. The lowest BCUT2D eigenvalue weighted by atomic mass is 10.0. The maximum absolute atomic E-state index is 11.2. The molecule has 1 aliphatic heterocycles. The summed E-state index contributed by atoms with van der Waals surface area (Å²) in [6, 6.07) is 7.48. The van der Waals surface area contributed by atoms with Crippen LogP contribution in [0.25, 0.3) is 0 Å². The molecule has 0 spiro atoms. The number of hydrogen-bond donors (Lipinski definition) is 2. The Morgan fingerprint density at radius 2 is 2.28 bits per heavy atom. The molecule has 0 saturated carbocycles. The van der Waals surface area contributed by atoms with E-state index in [4.69, 9.17) is 5.26 Å². The summed E-state index contributed by atoms with van der Waals surface area (Å²) in [7, 11) is 0. The molecule has 1 aromatic rings. The van der Waals surface area contributed by atoms with Gasteiger partial charge in [0.1, 0.15) is 6.42 Å². The van der Waals surface area contributed by atoms with Crippen molar-refractivity contribution in [3.63, 3.8) is 0 Å². The number of carbonyl (C=O) groups excluding carboxylic acids is 2. The molecule has 1 aromatic carbocycles. The van der Waals surface area contributed by atoms with Gasteiger partial charge >= 0.3 is 0 Å². The van der Waals surface area contributed by atoms with Gasteiger partial charge in [0.2, 0.25) is 11.8 Å². The number of fused-ring (bicyclic) bond motifs is 1. The third-order valence-electron chi connectivity index (χ3n) is 2.79. The molecule has 0 atom stereocenters. The third kappa shape index (κ3) is 2.86. The first kappa shape index (κ1) is 12.1. The molecule has 0 bridgehead atoms. The number of aryl methyl sites for hydroxylation is 1. The summed E-state index contributed by atoms with van der Waals surface area (Å²) in [5.41, 5.74) is 2.90. The average Bonchev–Trinajstić information content (AvgIpc) is 2.36. The molecular formula is C13H13N3O2. The molecule has 0 fully saturated rings. The Hall–Kier alpha value is -2.35. The van der Waals surface area contributed by atoms with Gasteiger partial charge < -0.3 is 10.6 Å². The quantitative estimate of drug-likeness (QED) is 0.834. The summed E-state index contributed by atoms with van der Waals surface area (Å²) in [5, 5.41) is 13.8. The lowest BCUT2D eigenvalue weighted by Crippen LogP contribution is -2.23. The van der Waals surface area contributed by atoms with Gasteiger partial charge in [-0.3, -0.25) is 9.59 Å². The second-order valence-corrected chi connectivity index (χ2v) is 4.15. The zero-order chi connectivity index (χ0) is 13.0. The molecule has 1 heterocycles. The van der Waals surface area contributed by atoms with Gasteiger partial charge in [-0.15, -0.1) is 0 Å². The van der Waals surface area contributed by atoms with Crippen LogP contribution in [0.5, 0.6) is 0 Å². The van der Waals surface area contributed by atoms with Gasteiger partial charge in [-0.25, -0.2) is 0 Å². The van der Waals surface area contributed by atoms with Crippen molar-refractivity contribution < 1.29 is 9.59 Å². The van der Waals surface area contributed by atoms with Crippen molar-refractivity contribution in [2.24, 2.45) is 0 Å². The summed E-state index contributed by atoms with van der Waals surface area (Å²) in [6.07, 6.45) is 1.10. The number of nitrogens with one attached hydrogen (secondary N) is 2. The second kappa shape index (κ2) is 5.32. The van der Waals surface area contributed by atoms with E-state index in [0.717, 1.165) is 23.2 Å². The summed E-state index contributed by atoms with van der Waals surface area (Å²) in [6.45, 7) is 0.405. The molecular weight excluding hydrogens is 230 g/mol. The third-order valence-corrected chi connectivity index (χ3v) is 2.79. The van der Waals surface area contributed by atoms with Crippen molar-refractivity contribution in [2.75, 3.05) is 5.32 Å². The predicted octanol–water partition coefficient (Wildman–Crippen LogP) is 1.10. The SMILES string of the molecule is N#CCC(=O)NCc1ccc2c(c1)CCC(=O)N2. The van der Waals surface area contributed by atoms with Crippen molar-refractivity contribution >= 4 is 17.5 Å². The topological polar surface area (TPSA) is 82.0 Å². The zero-order valence-electron chi connectivity index (χ0n) is 9.82. The summed E-state index contributed by atoms with van der Waals surface area (Å²) in [4.78, 5) is 22.4. The predicted molar refractivity (Wildman–Crippen MR) is 65.5 cm³/mol. The van der Waals surface area contributed by atoms with E-state index in [-0.39, 0.29) is 18.2 Å². The number of amides is 2. The highest BCUT2D eigenvalue weighted by atomic mass is 16.2.